The standard InChI is InChI=1S/C13H17BrN2O2/c14-11-3-1-10(2-4-11)9-13(17)16-7-5-12(18-15)6-8-16/h1-4,12H,5-9,15H2. The van der Waals surface area contributed by atoms with Crippen molar-refractivity contribution in [3.8, 4) is 0 Å². The zero-order valence-corrected chi connectivity index (χ0v) is 11.7. The van der Waals surface area contributed by atoms with Gasteiger partial charge in [-0.2, -0.15) is 0 Å². The van der Waals surface area contributed by atoms with Crippen molar-refractivity contribution in [1.82, 2.24) is 4.90 Å². The second-order valence-corrected chi connectivity index (χ2v) is 5.44. The Hall–Kier alpha value is -0.910. The van der Waals surface area contributed by atoms with E-state index < -0.39 is 0 Å². The number of nitrogens with two attached hydrogens (primary N) is 1. The summed E-state index contributed by atoms with van der Waals surface area (Å²) in [4.78, 5) is 18.8. The van der Waals surface area contributed by atoms with Gasteiger partial charge in [-0.05, 0) is 30.5 Å². The largest absolute Gasteiger partial charge is 0.342 e. The first kappa shape index (κ1) is 13.5. The van der Waals surface area contributed by atoms with Gasteiger partial charge in [0.15, 0.2) is 0 Å². The maximum atomic E-state index is 12.1. The molecule has 1 aliphatic rings. The van der Waals surface area contributed by atoms with E-state index in [1.54, 1.807) is 0 Å². The van der Waals surface area contributed by atoms with Crippen LogP contribution < -0.4 is 5.90 Å². The van der Waals surface area contributed by atoms with E-state index in [0.717, 1.165) is 36.0 Å². The van der Waals surface area contributed by atoms with E-state index >= 15 is 0 Å². The predicted octanol–water partition coefficient (Wildman–Crippen LogP) is 1.87. The lowest BCUT2D eigenvalue weighted by Crippen LogP contribution is -2.42. The summed E-state index contributed by atoms with van der Waals surface area (Å²) in [5.41, 5.74) is 1.04. The molecular formula is C13H17BrN2O2. The van der Waals surface area contributed by atoms with Crippen LogP contribution in [0, 0.1) is 0 Å². The third kappa shape index (κ3) is 3.54. The van der Waals surface area contributed by atoms with Gasteiger partial charge in [-0.3, -0.25) is 4.79 Å². The number of likely N-dealkylation sites (tertiary alicyclic amines) is 1. The summed E-state index contributed by atoms with van der Waals surface area (Å²) < 4.78 is 1.03. The van der Waals surface area contributed by atoms with Crippen LogP contribution in [0.15, 0.2) is 28.7 Å². The first-order chi connectivity index (χ1) is 8.69. The number of hydrogen-bond acceptors (Lipinski definition) is 3. The highest BCUT2D eigenvalue weighted by Crippen LogP contribution is 2.15. The molecule has 1 aromatic carbocycles. The zero-order valence-electron chi connectivity index (χ0n) is 10.1. The summed E-state index contributed by atoms with van der Waals surface area (Å²) >= 11 is 3.38. The summed E-state index contributed by atoms with van der Waals surface area (Å²) in [5, 5.41) is 0. The van der Waals surface area contributed by atoms with E-state index in [4.69, 9.17) is 10.7 Å². The molecule has 0 aromatic heterocycles. The molecular weight excluding hydrogens is 296 g/mol. The average Bonchev–Trinajstić information content (AvgIpc) is 2.41. The normalized spacial score (nSPS) is 16.9. The second-order valence-electron chi connectivity index (χ2n) is 4.52. The van der Waals surface area contributed by atoms with Gasteiger partial charge in [0.05, 0.1) is 12.5 Å². The van der Waals surface area contributed by atoms with E-state index in [2.05, 4.69) is 15.9 Å². The topological polar surface area (TPSA) is 55.6 Å². The Kier molecular flexibility index (Phi) is 4.74. The van der Waals surface area contributed by atoms with E-state index in [1.807, 2.05) is 29.2 Å². The Morgan fingerprint density at radius 1 is 1.33 bits per heavy atom. The fourth-order valence-electron chi connectivity index (χ4n) is 2.13. The molecule has 0 radical (unpaired) electrons. The molecule has 0 atom stereocenters. The molecule has 1 aliphatic heterocycles. The Balaban J connectivity index is 1.87. The van der Waals surface area contributed by atoms with Gasteiger partial charge in [-0.25, -0.2) is 5.90 Å². The number of halogens is 1. The molecule has 1 saturated heterocycles. The van der Waals surface area contributed by atoms with Crippen molar-refractivity contribution in [1.29, 1.82) is 0 Å². The monoisotopic (exact) mass is 312 g/mol. The van der Waals surface area contributed by atoms with Crippen molar-refractivity contribution in [3.63, 3.8) is 0 Å². The minimum absolute atomic E-state index is 0.0988. The van der Waals surface area contributed by atoms with Crippen molar-refractivity contribution in [2.75, 3.05) is 13.1 Å². The van der Waals surface area contributed by atoms with Crippen LogP contribution in [0.5, 0.6) is 0 Å². The molecule has 2 rings (SSSR count). The fourth-order valence-corrected chi connectivity index (χ4v) is 2.39. The quantitative estimate of drug-likeness (QED) is 0.867. The van der Waals surface area contributed by atoms with Crippen LogP contribution in [0.4, 0.5) is 0 Å². The SMILES string of the molecule is NOC1CCN(C(=O)Cc2ccc(Br)cc2)CC1. The van der Waals surface area contributed by atoms with Crippen molar-refractivity contribution in [2.45, 2.75) is 25.4 Å². The third-order valence-corrected chi connectivity index (χ3v) is 3.78. The van der Waals surface area contributed by atoms with Gasteiger partial charge in [0, 0.05) is 17.6 Å². The minimum atomic E-state index is 0.0988. The number of piperidine rings is 1. The van der Waals surface area contributed by atoms with Crippen LogP contribution in [0.1, 0.15) is 18.4 Å². The summed E-state index contributed by atoms with van der Waals surface area (Å²) in [5.74, 6) is 5.33. The number of benzene rings is 1. The molecule has 1 fully saturated rings. The van der Waals surface area contributed by atoms with Gasteiger partial charge in [0.25, 0.3) is 0 Å². The Labute approximate surface area is 115 Å². The lowest BCUT2D eigenvalue weighted by atomic mass is 10.1. The number of amides is 1. The minimum Gasteiger partial charge on any atom is -0.342 e. The zero-order chi connectivity index (χ0) is 13.0. The van der Waals surface area contributed by atoms with E-state index in [-0.39, 0.29) is 12.0 Å². The summed E-state index contributed by atoms with van der Waals surface area (Å²) in [6.07, 6.45) is 2.20. The van der Waals surface area contributed by atoms with Gasteiger partial charge in [-0.15, -0.1) is 0 Å². The molecule has 0 saturated carbocycles. The second kappa shape index (κ2) is 6.31. The maximum absolute atomic E-state index is 12.1. The molecule has 4 nitrogen and oxygen atoms in total. The van der Waals surface area contributed by atoms with E-state index in [9.17, 15) is 4.79 Å². The highest BCUT2D eigenvalue weighted by Gasteiger charge is 2.22. The van der Waals surface area contributed by atoms with Gasteiger partial charge in [-0.1, -0.05) is 28.1 Å². The fraction of sp³-hybridized carbons (Fsp3) is 0.462. The van der Waals surface area contributed by atoms with Crippen LogP contribution in [0.25, 0.3) is 0 Å². The van der Waals surface area contributed by atoms with Crippen molar-refractivity contribution >= 4 is 21.8 Å². The van der Waals surface area contributed by atoms with Crippen LogP contribution in [0.3, 0.4) is 0 Å². The van der Waals surface area contributed by atoms with Crippen LogP contribution in [0.2, 0.25) is 0 Å². The van der Waals surface area contributed by atoms with Gasteiger partial charge < -0.3 is 9.74 Å². The van der Waals surface area contributed by atoms with Crippen molar-refractivity contribution in [3.05, 3.63) is 34.3 Å². The molecule has 1 heterocycles. The number of carbonyl (C=O) groups excluding carboxylic acids is 1. The predicted molar refractivity (Wildman–Crippen MR) is 72.7 cm³/mol. The summed E-state index contributed by atoms with van der Waals surface area (Å²) in [7, 11) is 0. The number of carbonyl (C=O) groups is 1. The van der Waals surface area contributed by atoms with Gasteiger partial charge >= 0.3 is 0 Å². The van der Waals surface area contributed by atoms with Crippen molar-refractivity contribution in [2.24, 2.45) is 5.90 Å². The van der Waals surface area contributed by atoms with E-state index in [0.29, 0.717) is 6.42 Å². The summed E-state index contributed by atoms with van der Waals surface area (Å²) in [6, 6.07) is 7.85. The lowest BCUT2D eigenvalue weighted by molar-refractivity contribution is -0.133. The molecule has 1 amide bonds. The highest BCUT2D eigenvalue weighted by atomic mass is 79.9. The Morgan fingerprint density at radius 2 is 1.94 bits per heavy atom. The maximum Gasteiger partial charge on any atom is 0.226 e. The molecule has 5 heteroatoms. The molecule has 0 spiro atoms. The number of rotatable bonds is 3. The van der Waals surface area contributed by atoms with Crippen molar-refractivity contribution < 1.29 is 9.63 Å². The first-order valence-corrected chi connectivity index (χ1v) is 6.86. The smallest absolute Gasteiger partial charge is 0.226 e. The molecule has 0 aliphatic carbocycles. The van der Waals surface area contributed by atoms with Crippen LogP contribution in [-0.2, 0) is 16.1 Å². The Morgan fingerprint density at radius 3 is 2.50 bits per heavy atom. The van der Waals surface area contributed by atoms with Crippen LogP contribution >= 0.6 is 15.9 Å². The first-order valence-electron chi connectivity index (χ1n) is 6.07. The average molecular weight is 313 g/mol. The Bertz CT molecular complexity index is 400. The molecule has 0 unspecified atom stereocenters. The van der Waals surface area contributed by atoms with E-state index in [1.165, 1.54) is 0 Å². The molecule has 18 heavy (non-hydrogen) atoms. The molecule has 1 aromatic rings. The van der Waals surface area contributed by atoms with Gasteiger partial charge in [0.1, 0.15) is 0 Å². The van der Waals surface area contributed by atoms with Crippen LogP contribution in [-0.4, -0.2) is 30.0 Å². The highest BCUT2D eigenvalue weighted by molar-refractivity contribution is 9.10. The number of nitrogens with zero attached hydrogens (tertiary/aromatic N) is 1. The molecule has 0 bridgehead atoms. The molecule has 2 N–H and O–H groups in total. The summed E-state index contributed by atoms with van der Waals surface area (Å²) in [6.45, 7) is 1.47. The molecule has 98 valence electrons. The number of hydrogen-bond donors (Lipinski definition) is 1. The lowest BCUT2D eigenvalue weighted by Gasteiger charge is -2.30. The third-order valence-electron chi connectivity index (χ3n) is 3.26. The van der Waals surface area contributed by atoms with Gasteiger partial charge in [0.2, 0.25) is 5.91 Å².